The van der Waals surface area contributed by atoms with E-state index in [0.717, 1.165) is 0 Å². The van der Waals surface area contributed by atoms with Crippen molar-refractivity contribution in [3.05, 3.63) is 29.1 Å². The Bertz CT molecular complexity index is 495. The number of hydrogen-bond donors (Lipinski definition) is 1. The van der Waals surface area contributed by atoms with Gasteiger partial charge in [-0.25, -0.2) is 4.98 Å². The first-order valence-electron chi connectivity index (χ1n) is 5.67. The fourth-order valence-corrected chi connectivity index (χ4v) is 1.48. The monoisotopic (exact) mass is 248 g/mol. The quantitative estimate of drug-likeness (QED) is 0.793. The van der Waals surface area contributed by atoms with E-state index in [2.05, 4.69) is 10.3 Å². The minimum atomic E-state index is -0.274. The van der Waals surface area contributed by atoms with E-state index in [1.165, 1.54) is 27.0 Å². The highest BCUT2D eigenvalue weighted by Gasteiger charge is 2.11. The van der Waals surface area contributed by atoms with Crippen molar-refractivity contribution in [2.24, 2.45) is 0 Å². The molecule has 0 unspecified atom stereocenters. The van der Waals surface area contributed by atoms with Crippen LogP contribution >= 0.6 is 0 Å². The molecule has 1 N–H and O–H groups in total. The van der Waals surface area contributed by atoms with E-state index in [1.54, 1.807) is 6.07 Å². The Hall–Kier alpha value is -2.04. The lowest BCUT2D eigenvalue weighted by Crippen LogP contribution is -2.19. The number of Topliss-reactive ketones (excluding diaryl/α,β-unsaturated/α-hetero) is 2. The second-order valence-corrected chi connectivity index (χ2v) is 4.07. The molecule has 1 aromatic heterocycles. The zero-order valence-corrected chi connectivity index (χ0v) is 10.7. The van der Waals surface area contributed by atoms with Crippen LogP contribution in [0.1, 0.15) is 46.8 Å². The molecule has 1 rings (SSSR count). The van der Waals surface area contributed by atoms with E-state index in [-0.39, 0.29) is 23.2 Å². The molecule has 0 radical (unpaired) electrons. The largest absolute Gasteiger partial charge is 0.355 e. The molecule has 0 saturated carbocycles. The van der Waals surface area contributed by atoms with Gasteiger partial charge in [-0.15, -0.1) is 0 Å². The third-order valence-corrected chi connectivity index (χ3v) is 2.46. The van der Waals surface area contributed by atoms with Gasteiger partial charge in [0, 0.05) is 31.6 Å². The number of amides is 1. The molecule has 0 atom stereocenters. The molecule has 96 valence electrons. The normalized spacial score (nSPS) is 9.94. The number of pyridine rings is 1. The third kappa shape index (κ3) is 3.76. The minimum Gasteiger partial charge on any atom is -0.355 e. The zero-order valence-electron chi connectivity index (χ0n) is 10.7. The van der Waals surface area contributed by atoms with Crippen LogP contribution in [0.2, 0.25) is 0 Å². The van der Waals surface area contributed by atoms with Crippen molar-refractivity contribution in [3.8, 4) is 0 Å². The Morgan fingerprint density at radius 3 is 2.39 bits per heavy atom. The Labute approximate surface area is 106 Å². The van der Waals surface area contributed by atoms with Crippen molar-refractivity contribution in [2.45, 2.75) is 26.7 Å². The van der Waals surface area contributed by atoms with Gasteiger partial charge in [-0.05, 0) is 25.5 Å². The maximum Gasteiger partial charge on any atom is 0.251 e. The van der Waals surface area contributed by atoms with E-state index in [0.29, 0.717) is 24.1 Å². The van der Waals surface area contributed by atoms with Gasteiger partial charge in [0.25, 0.3) is 5.91 Å². The van der Waals surface area contributed by atoms with Gasteiger partial charge >= 0.3 is 0 Å². The standard InChI is InChI=1S/C13H16N2O3/c1-8(16)4-5-11-6-10(13(18)14-3)7-12(15-11)9(2)17/h6-7H,4-5H2,1-3H3,(H,14,18). The minimum absolute atomic E-state index is 0.0477. The first kappa shape index (κ1) is 14.0. The molecule has 0 aliphatic rings. The molecule has 0 aromatic carbocycles. The average Bonchev–Trinajstić information content (AvgIpc) is 2.34. The highest BCUT2D eigenvalue weighted by Crippen LogP contribution is 2.09. The molecule has 18 heavy (non-hydrogen) atoms. The fraction of sp³-hybridized carbons (Fsp3) is 0.385. The van der Waals surface area contributed by atoms with Gasteiger partial charge < -0.3 is 10.1 Å². The lowest BCUT2D eigenvalue weighted by atomic mass is 10.1. The molecule has 5 nitrogen and oxygen atoms in total. The van der Waals surface area contributed by atoms with Crippen molar-refractivity contribution < 1.29 is 14.4 Å². The first-order valence-corrected chi connectivity index (χ1v) is 5.67. The molecule has 0 bridgehead atoms. The number of aromatic nitrogens is 1. The molecule has 1 heterocycles. The van der Waals surface area contributed by atoms with Crippen LogP contribution in [0, 0.1) is 0 Å². The number of nitrogens with one attached hydrogen (secondary N) is 1. The molecule has 0 spiro atoms. The van der Waals surface area contributed by atoms with Crippen molar-refractivity contribution in [2.75, 3.05) is 7.05 Å². The van der Waals surface area contributed by atoms with Crippen LogP contribution in [-0.2, 0) is 11.2 Å². The molecule has 0 aliphatic heterocycles. The molecule has 1 amide bonds. The van der Waals surface area contributed by atoms with Gasteiger partial charge in [-0.2, -0.15) is 0 Å². The topological polar surface area (TPSA) is 76.1 Å². The Morgan fingerprint density at radius 2 is 1.89 bits per heavy atom. The lowest BCUT2D eigenvalue weighted by Gasteiger charge is -2.06. The van der Waals surface area contributed by atoms with Gasteiger partial charge in [0.15, 0.2) is 5.78 Å². The van der Waals surface area contributed by atoms with Gasteiger partial charge in [0.1, 0.15) is 11.5 Å². The predicted octanol–water partition coefficient (Wildman–Crippen LogP) is 1.17. The third-order valence-electron chi connectivity index (χ3n) is 2.46. The summed E-state index contributed by atoms with van der Waals surface area (Å²) < 4.78 is 0. The molecule has 0 aliphatic carbocycles. The van der Waals surface area contributed by atoms with E-state index in [4.69, 9.17) is 0 Å². The zero-order chi connectivity index (χ0) is 13.7. The summed E-state index contributed by atoms with van der Waals surface area (Å²) in [6.45, 7) is 2.89. The van der Waals surface area contributed by atoms with Gasteiger partial charge in [-0.3, -0.25) is 9.59 Å². The predicted molar refractivity (Wildman–Crippen MR) is 66.6 cm³/mol. The van der Waals surface area contributed by atoms with Crippen LogP contribution in [0.3, 0.4) is 0 Å². The maximum absolute atomic E-state index is 11.6. The summed E-state index contributed by atoms with van der Waals surface area (Å²) in [6, 6.07) is 3.06. The molecule has 1 aromatic rings. The summed E-state index contributed by atoms with van der Waals surface area (Å²) in [4.78, 5) is 38.0. The van der Waals surface area contributed by atoms with E-state index in [1.807, 2.05) is 0 Å². The molecule has 5 heteroatoms. The number of carbonyl (C=O) groups is 3. The first-order chi connectivity index (χ1) is 8.43. The van der Waals surface area contributed by atoms with Crippen molar-refractivity contribution >= 4 is 17.5 Å². The second kappa shape index (κ2) is 6.05. The van der Waals surface area contributed by atoms with Crippen molar-refractivity contribution in [3.63, 3.8) is 0 Å². The number of aryl methyl sites for hydroxylation is 1. The summed E-state index contributed by atoms with van der Waals surface area (Å²) in [7, 11) is 1.52. The molecular formula is C13H16N2O3. The Morgan fingerprint density at radius 1 is 1.22 bits per heavy atom. The average molecular weight is 248 g/mol. The van der Waals surface area contributed by atoms with Gasteiger partial charge in [-0.1, -0.05) is 0 Å². The van der Waals surface area contributed by atoms with Crippen LogP contribution in [0.15, 0.2) is 12.1 Å². The van der Waals surface area contributed by atoms with E-state index in [9.17, 15) is 14.4 Å². The molecular weight excluding hydrogens is 232 g/mol. The number of rotatable bonds is 5. The van der Waals surface area contributed by atoms with Crippen LogP contribution in [0.5, 0.6) is 0 Å². The fourth-order valence-electron chi connectivity index (χ4n) is 1.48. The smallest absolute Gasteiger partial charge is 0.251 e. The van der Waals surface area contributed by atoms with Crippen molar-refractivity contribution in [1.82, 2.24) is 10.3 Å². The Kier molecular flexibility index (Phi) is 4.71. The van der Waals surface area contributed by atoms with E-state index >= 15 is 0 Å². The summed E-state index contributed by atoms with van der Waals surface area (Å²) >= 11 is 0. The highest BCUT2D eigenvalue weighted by atomic mass is 16.1. The SMILES string of the molecule is CNC(=O)c1cc(CCC(C)=O)nc(C(C)=O)c1. The lowest BCUT2D eigenvalue weighted by molar-refractivity contribution is -0.117. The van der Waals surface area contributed by atoms with Crippen LogP contribution in [0.4, 0.5) is 0 Å². The number of carbonyl (C=O) groups excluding carboxylic acids is 3. The number of nitrogens with zero attached hydrogens (tertiary/aromatic N) is 1. The molecule has 0 saturated heterocycles. The number of hydrogen-bond acceptors (Lipinski definition) is 4. The maximum atomic E-state index is 11.6. The van der Waals surface area contributed by atoms with E-state index < -0.39 is 0 Å². The summed E-state index contributed by atoms with van der Waals surface area (Å²) in [5, 5.41) is 2.49. The summed E-state index contributed by atoms with van der Waals surface area (Å²) in [5.74, 6) is -0.430. The summed E-state index contributed by atoms with van der Waals surface area (Å²) in [6.07, 6.45) is 0.780. The Balaban J connectivity index is 3.09. The highest BCUT2D eigenvalue weighted by molar-refractivity contribution is 5.98. The van der Waals surface area contributed by atoms with Gasteiger partial charge in [0.05, 0.1) is 0 Å². The van der Waals surface area contributed by atoms with Gasteiger partial charge in [0.2, 0.25) is 0 Å². The second-order valence-electron chi connectivity index (χ2n) is 4.07. The molecule has 0 fully saturated rings. The van der Waals surface area contributed by atoms with Crippen LogP contribution in [-0.4, -0.2) is 29.5 Å². The number of ketones is 2. The van der Waals surface area contributed by atoms with Crippen LogP contribution in [0.25, 0.3) is 0 Å². The van der Waals surface area contributed by atoms with Crippen molar-refractivity contribution in [1.29, 1.82) is 0 Å². The van der Waals surface area contributed by atoms with Crippen LogP contribution < -0.4 is 5.32 Å². The summed E-state index contributed by atoms with van der Waals surface area (Å²) in [5.41, 5.74) is 1.21.